The van der Waals surface area contributed by atoms with Crippen molar-refractivity contribution in [2.24, 2.45) is 0 Å². The molecule has 0 bridgehead atoms. The summed E-state index contributed by atoms with van der Waals surface area (Å²) in [4.78, 5) is 20.0. The summed E-state index contributed by atoms with van der Waals surface area (Å²) in [6, 6.07) is 0. The maximum Gasteiger partial charge on any atom is 0.335 e. The average Bonchev–Trinajstić information content (AvgIpc) is 2.12. The molecule has 76 valence electrons. The zero-order valence-electron chi connectivity index (χ0n) is 6.44. The Morgan fingerprint density at radius 3 is 1.85 bits per heavy atom. The van der Waals surface area contributed by atoms with E-state index in [4.69, 9.17) is 25.5 Å². The van der Waals surface area contributed by atoms with Crippen LogP contribution in [0.4, 0.5) is 0 Å². The molecule has 0 saturated heterocycles. The summed E-state index contributed by atoms with van der Waals surface area (Å²) in [6.07, 6.45) is -8.39. The van der Waals surface area contributed by atoms with Gasteiger partial charge in [0.2, 0.25) is 0 Å². The van der Waals surface area contributed by atoms with Crippen LogP contribution in [0.5, 0.6) is 0 Å². The lowest BCUT2D eigenvalue weighted by Crippen LogP contribution is -2.48. The van der Waals surface area contributed by atoms with Crippen LogP contribution < -0.4 is 0 Å². The fourth-order valence-corrected chi connectivity index (χ4v) is 0.615. The zero-order valence-corrected chi connectivity index (χ0v) is 6.44. The molecule has 0 fully saturated rings. The second-order valence-corrected chi connectivity index (χ2v) is 2.39. The average molecular weight is 194 g/mol. The number of carbonyl (C=O) groups is 2. The molecule has 0 spiro atoms. The molecule has 0 aliphatic heterocycles. The summed E-state index contributed by atoms with van der Waals surface area (Å²) in [5.41, 5.74) is 0. The van der Waals surface area contributed by atoms with Gasteiger partial charge in [-0.15, -0.1) is 0 Å². The van der Waals surface area contributed by atoms with Crippen molar-refractivity contribution >= 4 is 12.3 Å². The molecule has 0 unspecified atom stereocenters. The van der Waals surface area contributed by atoms with Gasteiger partial charge in [0.05, 0.1) is 0 Å². The summed E-state index contributed by atoms with van der Waals surface area (Å²) in [5.74, 6) is -1.76. The summed E-state index contributed by atoms with van der Waals surface area (Å²) in [6.45, 7) is 0. The molecule has 0 heterocycles. The SMILES string of the molecule is O=C[C@@H](O)[C@H](O)[C@@H](O)[C@@H](O)C(=O)O. The van der Waals surface area contributed by atoms with E-state index in [0.29, 0.717) is 0 Å². The molecule has 13 heavy (non-hydrogen) atoms. The number of rotatable bonds is 5. The molecule has 7 heteroatoms. The predicted octanol–water partition coefficient (Wildman–Crippen LogP) is -3.29. The first-order valence-electron chi connectivity index (χ1n) is 3.32. The molecule has 0 aliphatic rings. The van der Waals surface area contributed by atoms with E-state index in [0.717, 1.165) is 0 Å². The number of carbonyl (C=O) groups excluding carboxylic acids is 1. The highest BCUT2D eigenvalue weighted by molar-refractivity contribution is 5.73. The third-order valence-corrected chi connectivity index (χ3v) is 1.42. The Morgan fingerprint density at radius 1 is 1.08 bits per heavy atom. The molecular formula is C6H10O7. The maximum atomic E-state index is 10.1. The van der Waals surface area contributed by atoms with Crippen LogP contribution in [0.15, 0.2) is 0 Å². The minimum atomic E-state index is -2.25. The van der Waals surface area contributed by atoms with Crippen LogP contribution in [0, 0.1) is 0 Å². The first-order chi connectivity index (χ1) is 5.91. The van der Waals surface area contributed by atoms with Crippen LogP contribution >= 0.6 is 0 Å². The van der Waals surface area contributed by atoms with Crippen LogP contribution in [-0.4, -0.2) is 62.2 Å². The lowest BCUT2D eigenvalue weighted by molar-refractivity contribution is -0.163. The fraction of sp³-hybridized carbons (Fsp3) is 0.667. The monoisotopic (exact) mass is 194 g/mol. The van der Waals surface area contributed by atoms with Crippen LogP contribution in [0.3, 0.4) is 0 Å². The molecular weight excluding hydrogens is 184 g/mol. The minimum absolute atomic E-state index is 0.0809. The quantitative estimate of drug-likeness (QED) is 0.289. The van der Waals surface area contributed by atoms with Gasteiger partial charge in [-0.1, -0.05) is 0 Å². The van der Waals surface area contributed by atoms with Gasteiger partial charge in [-0.3, -0.25) is 0 Å². The molecule has 0 aromatic rings. The van der Waals surface area contributed by atoms with E-state index in [-0.39, 0.29) is 6.29 Å². The standard InChI is InChI=1S/C6H10O7/c7-1-2(8)3(9)4(10)5(11)6(12)13/h1-5,8-11H,(H,12,13)/t2-,3+,4-,5-/m1/s1. The number of carboxylic acids is 1. The summed E-state index contributed by atoms with van der Waals surface area (Å²) in [7, 11) is 0. The van der Waals surface area contributed by atoms with Crippen molar-refractivity contribution in [3.8, 4) is 0 Å². The van der Waals surface area contributed by atoms with Crippen LogP contribution in [0.25, 0.3) is 0 Å². The van der Waals surface area contributed by atoms with Gasteiger partial charge in [0.15, 0.2) is 12.4 Å². The van der Waals surface area contributed by atoms with Crippen molar-refractivity contribution in [2.75, 3.05) is 0 Å². The van der Waals surface area contributed by atoms with Crippen molar-refractivity contribution in [3.63, 3.8) is 0 Å². The Kier molecular flexibility index (Phi) is 4.49. The van der Waals surface area contributed by atoms with Crippen molar-refractivity contribution in [3.05, 3.63) is 0 Å². The molecule has 0 aromatic carbocycles. The van der Waals surface area contributed by atoms with Gasteiger partial charge in [-0.25, -0.2) is 4.79 Å². The van der Waals surface area contributed by atoms with Gasteiger partial charge in [-0.2, -0.15) is 0 Å². The topological polar surface area (TPSA) is 135 Å². The van der Waals surface area contributed by atoms with Crippen molar-refractivity contribution in [1.29, 1.82) is 0 Å². The van der Waals surface area contributed by atoms with E-state index in [1.54, 1.807) is 0 Å². The largest absolute Gasteiger partial charge is 0.479 e. The lowest BCUT2D eigenvalue weighted by atomic mass is 10.0. The molecule has 0 aliphatic carbocycles. The number of hydrogen-bond donors (Lipinski definition) is 5. The normalized spacial score (nSPS) is 20.0. The Morgan fingerprint density at radius 2 is 1.54 bits per heavy atom. The fourth-order valence-electron chi connectivity index (χ4n) is 0.615. The molecule has 0 radical (unpaired) electrons. The minimum Gasteiger partial charge on any atom is -0.479 e. The summed E-state index contributed by atoms with van der Waals surface area (Å²) < 4.78 is 0. The van der Waals surface area contributed by atoms with E-state index in [1.807, 2.05) is 0 Å². The van der Waals surface area contributed by atoms with E-state index < -0.39 is 30.4 Å². The zero-order chi connectivity index (χ0) is 10.6. The Labute approximate surface area is 72.9 Å². The molecule has 4 atom stereocenters. The smallest absolute Gasteiger partial charge is 0.335 e. The third kappa shape index (κ3) is 3.07. The van der Waals surface area contributed by atoms with Crippen LogP contribution in [-0.2, 0) is 9.59 Å². The van der Waals surface area contributed by atoms with Gasteiger partial charge >= 0.3 is 5.97 Å². The van der Waals surface area contributed by atoms with Gasteiger partial charge in [0.1, 0.15) is 18.3 Å². The molecule has 5 N–H and O–H groups in total. The van der Waals surface area contributed by atoms with E-state index in [9.17, 15) is 9.59 Å². The maximum absolute atomic E-state index is 10.1. The second kappa shape index (κ2) is 4.87. The molecule has 0 rings (SSSR count). The number of aliphatic hydroxyl groups excluding tert-OH is 4. The third-order valence-electron chi connectivity index (χ3n) is 1.42. The predicted molar refractivity (Wildman–Crippen MR) is 37.7 cm³/mol. The number of aliphatic carboxylic acids is 1. The molecule has 0 aromatic heterocycles. The van der Waals surface area contributed by atoms with E-state index in [1.165, 1.54) is 0 Å². The van der Waals surface area contributed by atoms with Gasteiger partial charge in [0, 0.05) is 0 Å². The Balaban J connectivity index is 4.32. The Bertz CT molecular complexity index is 191. The first-order valence-corrected chi connectivity index (χ1v) is 3.32. The molecule has 0 saturated carbocycles. The number of aldehydes is 1. The molecule has 7 nitrogen and oxygen atoms in total. The van der Waals surface area contributed by atoms with E-state index >= 15 is 0 Å². The van der Waals surface area contributed by atoms with Gasteiger partial charge < -0.3 is 30.3 Å². The summed E-state index contributed by atoms with van der Waals surface area (Å²) >= 11 is 0. The number of hydrogen-bond acceptors (Lipinski definition) is 6. The van der Waals surface area contributed by atoms with Gasteiger partial charge in [-0.05, 0) is 0 Å². The van der Waals surface area contributed by atoms with E-state index in [2.05, 4.69) is 0 Å². The summed E-state index contributed by atoms with van der Waals surface area (Å²) in [5, 5.41) is 43.2. The lowest BCUT2D eigenvalue weighted by Gasteiger charge is -2.21. The van der Waals surface area contributed by atoms with Gasteiger partial charge in [0.25, 0.3) is 0 Å². The van der Waals surface area contributed by atoms with Crippen LogP contribution in [0.2, 0.25) is 0 Å². The molecule has 0 amide bonds. The highest BCUT2D eigenvalue weighted by atomic mass is 16.4. The number of carboxylic acid groups (broad SMARTS) is 1. The van der Waals surface area contributed by atoms with Crippen molar-refractivity contribution < 1.29 is 35.1 Å². The van der Waals surface area contributed by atoms with Crippen LogP contribution in [0.1, 0.15) is 0 Å². The highest BCUT2D eigenvalue weighted by Gasteiger charge is 2.33. The van der Waals surface area contributed by atoms with Crippen molar-refractivity contribution in [2.45, 2.75) is 24.4 Å². The van der Waals surface area contributed by atoms with Crippen molar-refractivity contribution in [1.82, 2.24) is 0 Å². The second-order valence-electron chi connectivity index (χ2n) is 2.39. The Hall–Kier alpha value is -1.02. The highest BCUT2D eigenvalue weighted by Crippen LogP contribution is 2.03. The first kappa shape index (κ1) is 12.0. The number of aliphatic hydroxyl groups is 4.